The summed E-state index contributed by atoms with van der Waals surface area (Å²) in [6.07, 6.45) is -5.51. The van der Waals surface area contributed by atoms with Gasteiger partial charge in [-0.2, -0.15) is 18.3 Å². The molecule has 6 nitrogen and oxygen atoms in total. The van der Waals surface area contributed by atoms with E-state index in [1.165, 1.54) is 13.0 Å². The maximum atomic E-state index is 13.1. The third-order valence-corrected chi connectivity index (χ3v) is 2.75. The summed E-state index contributed by atoms with van der Waals surface area (Å²) in [5.41, 5.74) is 1.37. The summed E-state index contributed by atoms with van der Waals surface area (Å²) in [5.74, 6) is -0.624. The van der Waals surface area contributed by atoms with Crippen LogP contribution < -0.4 is 15.5 Å². The van der Waals surface area contributed by atoms with Gasteiger partial charge in [-0.1, -0.05) is 0 Å². The average molecular weight is 317 g/mol. The van der Waals surface area contributed by atoms with E-state index in [9.17, 15) is 18.0 Å². The van der Waals surface area contributed by atoms with Gasteiger partial charge in [-0.3, -0.25) is 4.79 Å². The van der Waals surface area contributed by atoms with Crippen LogP contribution in [0.5, 0.6) is 5.75 Å². The van der Waals surface area contributed by atoms with Crippen molar-refractivity contribution in [3.63, 3.8) is 0 Å². The molecule has 3 N–H and O–H groups in total. The second kappa shape index (κ2) is 6.22. The number of carbonyl (C=O) groups is 1. The molecular formula is C13H14F3N3O3. The first-order valence-corrected chi connectivity index (χ1v) is 6.40. The van der Waals surface area contributed by atoms with Crippen LogP contribution in [-0.2, 0) is 11.0 Å². The molecule has 0 radical (unpaired) electrons. The van der Waals surface area contributed by atoms with Gasteiger partial charge in [0, 0.05) is 5.56 Å². The van der Waals surface area contributed by atoms with E-state index in [1.807, 2.05) is 0 Å². The summed E-state index contributed by atoms with van der Waals surface area (Å²) in [4.78, 5) is 11.0. The molecule has 0 saturated carbocycles. The fourth-order valence-corrected chi connectivity index (χ4v) is 1.76. The Morgan fingerprint density at radius 3 is 2.73 bits per heavy atom. The summed E-state index contributed by atoms with van der Waals surface area (Å²) in [5, 5.41) is 15.4. The molecule has 120 valence electrons. The molecule has 1 aliphatic heterocycles. The van der Waals surface area contributed by atoms with Crippen LogP contribution in [0, 0.1) is 0 Å². The zero-order valence-corrected chi connectivity index (χ0v) is 11.6. The van der Waals surface area contributed by atoms with Gasteiger partial charge >= 0.3 is 6.18 Å². The normalized spacial score (nSPS) is 16.4. The van der Waals surface area contributed by atoms with Gasteiger partial charge in [0.2, 0.25) is 0 Å². The van der Waals surface area contributed by atoms with Gasteiger partial charge in [-0.05, 0) is 25.1 Å². The van der Waals surface area contributed by atoms with Crippen LogP contribution in [0.3, 0.4) is 0 Å². The average Bonchev–Trinajstić information content (AvgIpc) is 2.45. The number of alkyl halides is 3. The molecular weight excluding hydrogens is 303 g/mol. The number of benzene rings is 1. The number of halogens is 3. The van der Waals surface area contributed by atoms with Crippen molar-refractivity contribution in [2.45, 2.75) is 19.2 Å². The van der Waals surface area contributed by atoms with Crippen LogP contribution in [0.4, 0.5) is 13.2 Å². The van der Waals surface area contributed by atoms with Crippen LogP contribution >= 0.6 is 0 Å². The summed E-state index contributed by atoms with van der Waals surface area (Å²) in [7, 11) is 0. The minimum absolute atomic E-state index is 0.0690. The van der Waals surface area contributed by atoms with E-state index in [0.29, 0.717) is 0 Å². The molecule has 1 heterocycles. The molecule has 0 saturated heterocycles. The Labute approximate surface area is 124 Å². The van der Waals surface area contributed by atoms with Crippen molar-refractivity contribution >= 4 is 11.7 Å². The summed E-state index contributed by atoms with van der Waals surface area (Å²) in [6, 6.07) is 3.41. The monoisotopic (exact) mass is 317 g/mol. The van der Waals surface area contributed by atoms with Crippen LogP contribution in [0.1, 0.15) is 18.1 Å². The first-order chi connectivity index (χ1) is 10.3. The number of ether oxygens (including phenoxy) is 1. The number of aliphatic hydroxyl groups is 1. The summed E-state index contributed by atoms with van der Waals surface area (Å²) >= 11 is 0. The summed E-state index contributed by atoms with van der Waals surface area (Å²) in [6.45, 7) is 1.09. The highest BCUT2D eigenvalue weighted by Gasteiger charge is 2.35. The van der Waals surface area contributed by atoms with Crippen molar-refractivity contribution in [1.82, 2.24) is 10.7 Å². The summed E-state index contributed by atoms with van der Waals surface area (Å²) < 4.78 is 44.3. The number of nitrogens with zero attached hydrogens (tertiary/aromatic N) is 1. The lowest BCUT2D eigenvalue weighted by molar-refractivity contribution is -0.139. The Morgan fingerprint density at radius 1 is 1.45 bits per heavy atom. The quantitative estimate of drug-likeness (QED) is 0.769. The fraction of sp³-hybridized carbons (Fsp3) is 0.385. The van der Waals surface area contributed by atoms with E-state index in [2.05, 4.69) is 15.8 Å². The van der Waals surface area contributed by atoms with Crippen molar-refractivity contribution in [3.05, 3.63) is 29.3 Å². The Kier molecular flexibility index (Phi) is 4.55. The second-order valence-corrected chi connectivity index (χ2v) is 4.72. The molecule has 0 unspecified atom stereocenters. The number of nitrogens with one attached hydrogen (secondary N) is 2. The number of hydrogen-bond donors (Lipinski definition) is 3. The second-order valence-electron chi connectivity index (χ2n) is 4.72. The number of aliphatic hydroxyl groups excluding tert-OH is 1. The molecule has 1 aromatic carbocycles. The van der Waals surface area contributed by atoms with Gasteiger partial charge < -0.3 is 15.2 Å². The molecule has 0 fully saturated rings. The lowest BCUT2D eigenvalue weighted by atomic mass is 10.1. The third-order valence-electron chi connectivity index (χ3n) is 2.75. The van der Waals surface area contributed by atoms with E-state index >= 15 is 0 Å². The van der Waals surface area contributed by atoms with Crippen LogP contribution in [-0.4, -0.2) is 36.1 Å². The number of amidine groups is 1. The predicted octanol–water partition coefficient (Wildman–Crippen LogP) is 0.846. The Bertz CT molecular complexity index is 600. The molecule has 1 amide bonds. The van der Waals surface area contributed by atoms with Crippen LogP contribution in [0.25, 0.3) is 0 Å². The van der Waals surface area contributed by atoms with E-state index in [-0.39, 0.29) is 36.2 Å². The highest BCUT2D eigenvalue weighted by molar-refractivity contribution is 6.03. The molecule has 1 atom stereocenters. The van der Waals surface area contributed by atoms with Gasteiger partial charge in [-0.15, -0.1) is 0 Å². The van der Waals surface area contributed by atoms with Crippen molar-refractivity contribution in [3.8, 4) is 5.75 Å². The number of hydrazone groups is 1. The van der Waals surface area contributed by atoms with Crippen molar-refractivity contribution in [1.29, 1.82) is 0 Å². The highest BCUT2D eigenvalue weighted by atomic mass is 19.4. The number of carbonyl (C=O) groups excluding carboxylic acids is 1. The number of rotatable bonds is 4. The van der Waals surface area contributed by atoms with Gasteiger partial charge in [0.1, 0.15) is 12.4 Å². The maximum absolute atomic E-state index is 13.1. The van der Waals surface area contributed by atoms with E-state index in [4.69, 9.17) is 9.84 Å². The third kappa shape index (κ3) is 3.88. The van der Waals surface area contributed by atoms with Gasteiger partial charge in [0.25, 0.3) is 5.91 Å². The first-order valence-electron chi connectivity index (χ1n) is 6.40. The standard InChI is InChI=1S/C13H14F3N3O3/c1-7(20)6-22-10-3-2-8(4-9(10)13(14,15)16)12-17-5-11(21)18-19-12/h2-4,7,20H,5-6H2,1H3,(H,17,19)(H,18,21)/t7-/m1/s1. The Hall–Kier alpha value is -2.29. The molecule has 1 aromatic rings. The zero-order valence-electron chi connectivity index (χ0n) is 11.6. The topological polar surface area (TPSA) is 83.0 Å². The van der Waals surface area contributed by atoms with Gasteiger partial charge in [-0.25, -0.2) is 5.43 Å². The fourth-order valence-electron chi connectivity index (χ4n) is 1.76. The largest absolute Gasteiger partial charge is 0.490 e. The SMILES string of the molecule is C[C@@H](O)COc1ccc(C2=NNC(=O)CN2)cc1C(F)(F)F. The lowest BCUT2D eigenvalue weighted by Crippen LogP contribution is -2.42. The lowest BCUT2D eigenvalue weighted by Gasteiger charge is -2.18. The van der Waals surface area contributed by atoms with Gasteiger partial charge in [0.15, 0.2) is 5.84 Å². The molecule has 9 heteroatoms. The smallest absolute Gasteiger partial charge is 0.419 e. The zero-order chi connectivity index (χ0) is 16.3. The number of hydrogen-bond acceptors (Lipinski definition) is 5. The molecule has 0 aromatic heterocycles. The van der Waals surface area contributed by atoms with E-state index < -0.39 is 17.8 Å². The molecule has 0 aliphatic carbocycles. The predicted molar refractivity (Wildman–Crippen MR) is 71.3 cm³/mol. The van der Waals surface area contributed by atoms with Gasteiger partial charge in [0.05, 0.1) is 18.2 Å². The van der Waals surface area contributed by atoms with Crippen LogP contribution in [0.2, 0.25) is 0 Å². The molecule has 0 bridgehead atoms. The van der Waals surface area contributed by atoms with Crippen molar-refractivity contribution < 1.29 is 27.8 Å². The molecule has 22 heavy (non-hydrogen) atoms. The minimum atomic E-state index is -4.62. The highest BCUT2D eigenvalue weighted by Crippen LogP contribution is 2.37. The molecule has 1 aliphatic rings. The minimum Gasteiger partial charge on any atom is -0.490 e. The van der Waals surface area contributed by atoms with Crippen molar-refractivity contribution in [2.24, 2.45) is 5.10 Å². The molecule has 2 rings (SSSR count). The van der Waals surface area contributed by atoms with Crippen LogP contribution in [0.15, 0.2) is 23.3 Å². The Morgan fingerprint density at radius 2 is 2.18 bits per heavy atom. The number of amides is 1. The maximum Gasteiger partial charge on any atom is 0.419 e. The Balaban J connectivity index is 2.33. The molecule has 0 spiro atoms. The van der Waals surface area contributed by atoms with E-state index in [0.717, 1.165) is 12.1 Å². The van der Waals surface area contributed by atoms with E-state index in [1.54, 1.807) is 0 Å². The van der Waals surface area contributed by atoms with Crippen molar-refractivity contribution in [2.75, 3.05) is 13.2 Å². The first kappa shape index (κ1) is 16.1.